The molecule has 2 saturated heterocycles. The van der Waals surface area contributed by atoms with Gasteiger partial charge in [-0.05, 0) is 49.6 Å². The molecule has 5 rings (SSSR count). The molecule has 0 amide bonds. The van der Waals surface area contributed by atoms with Crippen LogP contribution in [0.25, 0.3) is 10.9 Å². The summed E-state index contributed by atoms with van der Waals surface area (Å²) >= 11 is 6.17. The number of hydrogen-bond donors (Lipinski definition) is 0. The molecule has 0 radical (unpaired) electrons. The van der Waals surface area contributed by atoms with Crippen molar-refractivity contribution in [3.8, 4) is 0 Å². The molecule has 2 fully saturated rings. The Hall–Kier alpha value is -2.53. The molecule has 0 unspecified atom stereocenters. The first-order valence-corrected chi connectivity index (χ1v) is 10.9. The molecule has 6 heteroatoms. The summed E-state index contributed by atoms with van der Waals surface area (Å²) in [5.74, 6) is 1.96. The Balaban J connectivity index is 1.40. The van der Waals surface area contributed by atoms with Crippen LogP contribution < -0.4 is 14.7 Å². The van der Waals surface area contributed by atoms with E-state index in [0.29, 0.717) is 0 Å². The molecule has 0 saturated carbocycles. The second-order valence-corrected chi connectivity index (χ2v) is 8.30. The fourth-order valence-electron chi connectivity index (χ4n) is 4.37. The molecule has 2 aliphatic heterocycles. The average molecular weight is 408 g/mol. The fourth-order valence-corrected chi connectivity index (χ4v) is 4.56. The lowest BCUT2D eigenvalue weighted by molar-refractivity contribution is 0.573. The van der Waals surface area contributed by atoms with Crippen LogP contribution in [0.15, 0.2) is 48.5 Å². The fraction of sp³-hybridized carbons (Fsp3) is 0.391. The highest BCUT2D eigenvalue weighted by Gasteiger charge is 2.23. The van der Waals surface area contributed by atoms with Crippen molar-refractivity contribution in [2.24, 2.45) is 0 Å². The Kier molecular flexibility index (Phi) is 5.15. The molecule has 3 aromatic rings. The molecule has 0 spiro atoms. The van der Waals surface area contributed by atoms with E-state index in [4.69, 9.17) is 21.6 Å². The van der Waals surface area contributed by atoms with Gasteiger partial charge >= 0.3 is 0 Å². The summed E-state index contributed by atoms with van der Waals surface area (Å²) in [6.45, 7) is 5.87. The smallest absolute Gasteiger partial charge is 0.228 e. The third-order valence-corrected chi connectivity index (χ3v) is 6.20. The number of aromatic nitrogens is 2. The highest BCUT2D eigenvalue weighted by atomic mass is 35.5. The van der Waals surface area contributed by atoms with Crippen molar-refractivity contribution in [3.05, 3.63) is 53.6 Å². The van der Waals surface area contributed by atoms with Crippen LogP contribution in [0.4, 0.5) is 17.5 Å². The summed E-state index contributed by atoms with van der Waals surface area (Å²) in [5.41, 5.74) is 2.22. The molecular formula is C23H26ClN5. The minimum atomic E-state index is 0.786. The Morgan fingerprint density at radius 1 is 0.690 bits per heavy atom. The number of hydrogen-bond acceptors (Lipinski definition) is 5. The highest BCUT2D eigenvalue weighted by Crippen LogP contribution is 2.29. The summed E-state index contributed by atoms with van der Waals surface area (Å²) in [6, 6.07) is 16.5. The lowest BCUT2D eigenvalue weighted by Gasteiger charge is -2.37. The maximum absolute atomic E-state index is 6.17. The van der Waals surface area contributed by atoms with Gasteiger partial charge in [-0.2, -0.15) is 4.98 Å². The molecule has 0 aliphatic carbocycles. The van der Waals surface area contributed by atoms with Gasteiger partial charge in [-0.25, -0.2) is 4.98 Å². The van der Waals surface area contributed by atoms with Crippen molar-refractivity contribution in [2.75, 3.05) is 54.0 Å². The zero-order chi connectivity index (χ0) is 19.6. The first kappa shape index (κ1) is 18.5. The van der Waals surface area contributed by atoms with Crippen LogP contribution >= 0.6 is 11.6 Å². The second kappa shape index (κ2) is 8.07. The van der Waals surface area contributed by atoms with Crippen molar-refractivity contribution >= 4 is 40.0 Å². The molecule has 0 bridgehead atoms. The van der Waals surface area contributed by atoms with Crippen LogP contribution in [-0.2, 0) is 0 Å². The third-order valence-electron chi connectivity index (χ3n) is 5.96. The quantitative estimate of drug-likeness (QED) is 0.634. The van der Waals surface area contributed by atoms with Gasteiger partial charge in [0, 0.05) is 55.4 Å². The van der Waals surface area contributed by atoms with Gasteiger partial charge in [0.2, 0.25) is 5.95 Å². The van der Waals surface area contributed by atoms with E-state index >= 15 is 0 Å². The van der Waals surface area contributed by atoms with Crippen molar-refractivity contribution in [2.45, 2.75) is 19.3 Å². The van der Waals surface area contributed by atoms with Crippen LogP contribution in [0, 0.1) is 0 Å². The summed E-state index contributed by atoms with van der Waals surface area (Å²) in [4.78, 5) is 17.1. The third kappa shape index (κ3) is 3.84. The summed E-state index contributed by atoms with van der Waals surface area (Å²) in [6.07, 6.45) is 3.80. The number of benzene rings is 2. The van der Waals surface area contributed by atoms with Crippen LogP contribution in [0.2, 0.25) is 5.02 Å². The summed E-state index contributed by atoms with van der Waals surface area (Å²) in [5, 5.41) is 1.95. The zero-order valence-electron chi connectivity index (χ0n) is 16.6. The van der Waals surface area contributed by atoms with Crippen LogP contribution in [0.3, 0.4) is 0 Å². The van der Waals surface area contributed by atoms with Crippen LogP contribution in [0.1, 0.15) is 19.3 Å². The van der Waals surface area contributed by atoms with Crippen molar-refractivity contribution < 1.29 is 0 Å². The van der Waals surface area contributed by atoms with Gasteiger partial charge in [0.25, 0.3) is 0 Å². The molecule has 150 valence electrons. The van der Waals surface area contributed by atoms with Crippen molar-refractivity contribution in [1.82, 2.24) is 9.97 Å². The molecule has 29 heavy (non-hydrogen) atoms. The Morgan fingerprint density at radius 3 is 2.24 bits per heavy atom. The summed E-state index contributed by atoms with van der Waals surface area (Å²) < 4.78 is 0. The van der Waals surface area contributed by atoms with Gasteiger partial charge in [0.15, 0.2) is 0 Å². The first-order chi connectivity index (χ1) is 14.3. The van der Waals surface area contributed by atoms with Crippen LogP contribution in [0.5, 0.6) is 0 Å². The van der Waals surface area contributed by atoms with E-state index in [1.165, 1.54) is 24.9 Å². The van der Waals surface area contributed by atoms with Crippen LogP contribution in [-0.4, -0.2) is 49.2 Å². The van der Waals surface area contributed by atoms with Gasteiger partial charge in [-0.15, -0.1) is 0 Å². The van der Waals surface area contributed by atoms with Gasteiger partial charge in [0.05, 0.1) is 5.52 Å². The number of piperidine rings is 1. The average Bonchev–Trinajstić information content (AvgIpc) is 2.79. The number of halogens is 1. The molecule has 2 aromatic carbocycles. The van der Waals surface area contributed by atoms with E-state index in [9.17, 15) is 0 Å². The maximum atomic E-state index is 6.17. The van der Waals surface area contributed by atoms with E-state index in [1.807, 2.05) is 18.2 Å². The molecule has 2 aliphatic rings. The SMILES string of the molecule is Clc1cccc(N2CCN(c3nc(N4CCCCC4)c4ccccc4n3)CC2)c1. The lowest BCUT2D eigenvalue weighted by atomic mass is 10.1. The molecular weight excluding hydrogens is 382 g/mol. The van der Waals surface area contributed by atoms with E-state index < -0.39 is 0 Å². The van der Waals surface area contributed by atoms with Crippen molar-refractivity contribution in [3.63, 3.8) is 0 Å². The van der Waals surface area contributed by atoms with E-state index in [0.717, 1.165) is 67.0 Å². The van der Waals surface area contributed by atoms with E-state index in [2.05, 4.69) is 45.0 Å². The molecule has 3 heterocycles. The number of para-hydroxylation sites is 1. The minimum Gasteiger partial charge on any atom is -0.368 e. The van der Waals surface area contributed by atoms with Gasteiger partial charge in [-0.3, -0.25) is 0 Å². The number of nitrogens with zero attached hydrogens (tertiary/aromatic N) is 5. The number of anilines is 3. The topological polar surface area (TPSA) is 35.5 Å². The maximum Gasteiger partial charge on any atom is 0.228 e. The predicted molar refractivity (Wildman–Crippen MR) is 121 cm³/mol. The van der Waals surface area contributed by atoms with Gasteiger partial charge in [-0.1, -0.05) is 29.8 Å². The first-order valence-electron chi connectivity index (χ1n) is 10.6. The molecule has 1 aromatic heterocycles. The van der Waals surface area contributed by atoms with Crippen molar-refractivity contribution in [1.29, 1.82) is 0 Å². The molecule has 5 nitrogen and oxygen atoms in total. The minimum absolute atomic E-state index is 0.786. The van der Waals surface area contributed by atoms with Gasteiger partial charge < -0.3 is 14.7 Å². The number of piperazine rings is 1. The van der Waals surface area contributed by atoms with Gasteiger partial charge in [0.1, 0.15) is 5.82 Å². The van der Waals surface area contributed by atoms with E-state index in [-0.39, 0.29) is 0 Å². The number of fused-ring (bicyclic) bond motifs is 1. The van der Waals surface area contributed by atoms with E-state index in [1.54, 1.807) is 0 Å². The second-order valence-electron chi connectivity index (χ2n) is 7.87. The Bertz CT molecular complexity index is 993. The zero-order valence-corrected chi connectivity index (χ0v) is 17.4. The molecule has 0 atom stereocenters. The predicted octanol–water partition coefficient (Wildman–Crippen LogP) is 4.60. The Labute approximate surface area is 176 Å². The monoisotopic (exact) mass is 407 g/mol. The Morgan fingerprint density at radius 2 is 1.45 bits per heavy atom. The highest BCUT2D eigenvalue weighted by molar-refractivity contribution is 6.30. The summed E-state index contributed by atoms with van der Waals surface area (Å²) in [7, 11) is 0. The normalized spacial score (nSPS) is 17.8. The largest absolute Gasteiger partial charge is 0.368 e. The number of rotatable bonds is 3. The standard InChI is InChI=1S/C23H26ClN5/c24-18-7-6-8-19(17-18)27-13-15-29(16-14-27)23-25-21-10-3-2-9-20(21)22(26-23)28-11-4-1-5-12-28/h2-3,6-10,17H,1,4-5,11-16H2. The molecule has 0 N–H and O–H groups in total. The lowest BCUT2D eigenvalue weighted by Crippen LogP contribution is -2.47.